The molecule has 7 nitrogen and oxygen atoms in total. The van der Waals surface area contributed by atoms with Gasteiger partial charge in [0.2, 0.25) is 0 Å². The number of methoxy groups -OCH3 is 3. The van der Waals surface area contributed by atoms with Crippen LogP contribution in [0.2, 0.25) is 0 Å². The van der Waals surface area contributed by atoms with Gasteiger partial charge >= 0.3 is 11.9 Å². The maximum Gasteiger partial charge on any atom is 0.316 e. The number of ketones is 1. The molecule has 1 saturated carbocycles. The number of rotatable bonds is 4. The fraction of sp³-hybridized carbons (Fsp3) is 0.500. The largest absolute Gasteiger partial charge is 0.496 e. The van der Waals surface area contributed by atoms with Crippen molar-refractivity contribution in [2.24, 2.45) is 11.8 Å². The van der Waals surface area contributed by atoms with Crippen molar-refractivity contribution in [1.29, 1.82) is 0 Å². The maximum absolute atomic E-state index is 12.6. The molecule has 1 aliphatic rings. The first-order valence-electron chi connectivity index (χ1n) is 7.82. The van der Waals surface area contributed by atoms with E-state index in [1.807, 2.05) is 0 Å². The predicted molar refractivity (Wildman–Crippen MR) is 87.0 cm³/mol. The molecule has 1 fully saturated rings. The Hall–Kier alpha value is -2.41. The molecule has 4 unspecified atom stereocenters. The molecule has 1 aliphatic carbocycles. The highest BCUT2D eigenvalue weighted by atomic mass is 16.5. The molecule has 136 valence electrons. The fourth-order valence-electron chi connectivity index (χ4n) is 3.59. The first kappa shape index (κ1) is 18.9. The molecule has 25 heavy (non-hydrogen) atoms. The molecular formula is C18H22O7. The van der Waals surface area contributed by atoms with E-state index in [-0.39, 0.29) is 6.42 Å². The normalized spacial score (nSPS) is 29.0. The van der Waals surface area contributed by atoms with Crippen LogP contribution in [-0.2, 0) is 23.9 Å². The molecule has 0 heterocycles. The van der Waals surface area contributed by atoms with E-state index in [1.165, 1.54) is 28.3 Å². The summed E-state index contributed by atoms with van der Waals surface area (Å²) in [7, 11) is 3.82. The Bertz CT molecular complexity index is 680. The summed E-state index contributed by atoms with van der Waals surface area (Å²) in [4.78, 5) is 37.3. The smallest absolute Gasteiger partial charge is 0.316 e. The van der Waals surface area contributed by atoms with Crippen molar-refractivity contribution in [1.82, 2.24) is 0 Å². The van der Waals surface area contributed by atoms with E-state index in [9.17, 15) is 19.5 Å². The highest BCUT2D eigenvalue weighted by Gasteiger charge is 2.57. The summed E-state index contributed by atoms with van der Waals surface area (Å²) in [5.74, 6) is -4.88. The SMILES string of the molecule is COC(=O)C1C(=O)CC(C)(O)C(C(=O)OC)C1c1ccccc1OC. The lowest BCUT2D eigenvalue weighted by Crippen LogP contribution is -2.55. The van der Waals surface area contributed by atoms with Crippen LogP contribution in [0.4, 0.5) is 0 Å². The number of hydrogen-bond donors (Lipinski definition) is 1. The number of benzene rings is 1. The van der Waals surface area contributed by atoms with Crippen LogP contribution in [0.25, 0.3) is 0 Å². The van der Waals surface area contributed by atoms with Gasteiger partial charge in [-0.2, -0.15) is 0 Å². The van der Waals surface area contributed by atoms with E-state index >= 15 is 0 Å². The Kier molecular flexibility index (Phi) is 5.47. The second-order valence-corrected chi connectivity index (χ2v) is 6.27. The molecule has 0 spiro atoms. The molecule has 0 radical (unpaired) electrons. The zero-order valence-electron chi connectivity index (χ0n) is 14.6. The molecular weight excluding hydrogens is 328 g/mol. The summed E-state index contributed by atoms with van der Waals surface area (Å²) in [6.07, 6.45) is -0.349. The molecule has 4 atom stereocenters. The second kappa shape index (κ2) is 7.23. The third kappa shape index (κ3) is 3.37. The van der Waals surface area contributed by atoms with Crippen molar-refractivity contribution in [3.05, 3.63) is 29.8 Å². The van der Waals surface area contributed by atoms with E-state index in [4.69, 9.17) is 14.2 Å². The molecule has 1 N–H and O–H groups in total. The van der Waals surface area contributed by atoms with E-state index < -0.39 is 41.1 Å². The Morgan fingerprint density at radius 3 is 2.28 bits per heavy atom. The Labute approximate surface area is 145 Å². The minimum absolute atomic E-state index is 0.349. The number of hydrogen-bond acceptors (Lipinski definition) is 7. The van der Waals surface area contributed by atoms with Gasteiger partial charge in [-0.05, 0) is 18.6 Å². The molecule has 0 saturated heterocycles. The van der Waals surface area contributed by atoms with Gasteiger partial charge in [0.25, 0.3) is 0 Å². The lowest BCUT2D eigenvalue weighted by molar-refractivity contribution is -0.170. The van der Waals surface area contributed by atoms with Gasteiger partial charge in [-0.15, -0.1) is 0 Å². The summed E-state index contributed by atoms with van der Waals surface area (Å²) < 4.78 is 15.0. The van der Waals surface area contributed by atoms with Gasteiger partial charge in [0.1, 0.15) is 11.7 Å². The quantitative estimate of drug-likeness (QED) is 0.641. The molecule has 2 rings (SSSR count). The Balaban J connectivity index is 2.71. The molecule has 1 aromatic rings. The van der Waals surface area contributed by atoms with E-state index in [0.29, 0.717) is 11.3 Å². The van der Waals surface area contributed by atoms with Crippen LogP contribution in [0, 0.1) is 11.8 Å². The summed E-state index contributed by atoms with van der Waals surface area (Å²) in [6.45, 7) is 1.39. The third-order valence-electron chi connectivity index (χ3n) is 4.68. The van der Waals surface area contributed by atoms with Crippen molar-refractivity contribution in [3.63, 3.8) is 0 Å². The summed E-state index contributed by atoms with van der Waals surface area (Å²) in [5, 5.41) is 10.8. The molecule has 0 aliphatic heterocycles. The average molecular weight is 350 g/mol. The van der Waals surface area contributed by atoms with Crippen LogP contribution in [-0.4, -0.2) is 49.8 Å². The van der Waals surface area contributed by atoms with Gasteiger partial charge in [-0.1, -0.05) is 18.2 Å². The van der Waals surface area contributed by atoms with Gasteiger partial charge in [0.15, 0.2) is 5.78 Å². The maximum atomic E-state index is 12.6. The highest BCUT2D eigenvalue weighted by Crippen LogP contribution is 2.48. The third-order valence-corrected chi connectivity index (χ3v) is 4.68. The number of ether oxygens (including phenoxy) is 3. The van der Waals surface area contributed by atoms with Crippen LogP contribution in [0.5, 0.6) is 5.75 Å². The monoisotopic (exact) mass is 350 g/mol. The van der Waals surface area contributed by atoms with E-state index in [0.717, 1.165) is 0 Å². The molecule has 0 amide bonds. The van der Waals surface area contributed by atoms with Crippen molar-refractivity contribution in [2.45, 2.75) is 24.9 Å². The number of para-hydroxylation sites is 1. The van der Waals surface area contributed by atoms with Gasteiger partial charge in [-0.25, -0.2) is 0 Å². The van der Waals surface area contributed by atoms with Gasteiger partial charge in [0.05, 0.1) is 32.8 Å². The lowest BCUT2D eigenvalue weighted by Gasteiger charge is -2.43. The first-order valence-corrected chi connectivity index (χ1v) is 7.82. The summed E-state index contributed by atoms with van der Waals surface area (Å²) >= 11 is 0. The Morgan fingerprint density at radius 2 is 1.72 bits per heavy atom. The minimum atomic E-state index is -1.67. The van der Waals surface area contributed by atoms with Gasteiger partial charge < -0.3 is 19.3 Å². The fourth-order valence-corrected chi connectivity index (χ4v) is 3.59. The predicted octanol–water partition coefficient (Wildman–Crippen LogP) is 1.08. The molecule has 1 aromatic carbocycles. The summed E-state index contributed by atoms with van der Waals surface area (Å²) in [5.41, 5.74) is -1.20. The van der Waals surface area contributed by atoms with E-state index in [1.54, 1.807) is 24.3 Å². The van der Waals surface area contributed by atoms with Crippen molar-refractivity contribution >= 4 is 17.7 Å². The highest BCUT2D eigenvalue weighted by molar-refractivity contribution is 6.02. The first-order chi connectivity index (χ1) is 11.8. The number of Topliss-reactive ketones (excluding diaryl/α,β-unsaturated/α-hetero) is 1. The van der Waals surface area contributed by atoms with Crippen LogP contribution in [0.1, 0.15) is 24.8 Å². The number of esters is 2. The lowest BCUT2D eigenvalue weighted by atomic mass is 9.61. The van der Waals surface area contributed by atoms with Gasteiger partial charge in [-0.3, -0.25) is 14.4 Å². The van der Waals surface area contributed by atoms with Crippen LogP contribution < -0.4 is 4.74 Å². The zero-order valence-corrected chi connectivity index (χ0v) is 14.6. The zero-order chi connectivity index (χ0) is 18.8. The minimum Gasteiger partial charge on any atom is -0.496 e. The molecule has 0 aromatic heterocycles. The second-order valence-electron chi connectivity index (χ2n) is 6.27. The molecule has 0 bridgehead atoms. The standard InChI is InChI=1S/C18H22O7/c1-18(22)9-11(19)14(16(20)24-3)13(15(18)17(21)25-4)10-7-5-6-8-12(10)23-2/h5-8,13-15,22H,9H2,1-4H3. The van der Waals surface area contributed by atoms with Crippen LogP contribution in [0.15, 0.2) is 24.3 Å². The van der Waals surface area contributed by atoms with E-state index in [2.05, 4.69) is 0 Å². The number of carbonyl (C=O) groups is 3. The van der Waals surface area contributed by atoms with Crippen molar-refractivity contribution in [3.8, 4) is 5.75 Å². The van der Waals surface area contributed by atoms with Crippen molar-refractivity contribution < 1.29 is 33.7 Å². The van der Waals surface area contributed by atoms with Crippen LogP contribution in [0.3, 0.4) is 0 Å². The average Bonchev–Trinajstić information content (AvgIpc) is 2.59. The number of carbonyl (C=O) groups excluding carboxylic acids is 3. The Morgan fingerprint density at radius 1 is 1.12 bits per heavy atom. The van der Waals surface area contributed by atoms with Crippen molar-refractivity contribution in [2.75, 3.05) is 21.3 Å². The van der Waals surface area contributed by atoms with Gasteiger partial charge in [0, 0.05) is 12.3 Å². The number of aliphatic hydroxyl groups is 1. The summed E-state index contributed by atoms with van der Waals surface area (Å²) in [6, 6.07) is 6.75. The topological polar surface area (TPSA) is 99.1 Å². The molecule has 7 heteroatoms. The van der Waals surface area contributed by atoms with Crippen LogP contribution >= 0.6 is 0 Å².